The van der Waals surface area contributed by atoms with E-state index in [4.69, 9.17) is 4.74 Å². The highest BCUT2D eigenvalue weighted by Gasteiger charge is 2.20. The van der Waals surface area contributed by atoms with Crippen molar-refractivity contribution in [1.82, 2.24) is 9.97 Å². The summed E-state index contributed by atoms with van der Waals surface area (Å²) in [5.41, 5.74) is 0.223. The number of aromatic amines is 1. The van der Waals surface area contributed by atoms with E-state index in [0.29, 0.717) is 11.3 Å². The van der Waals surface area contributed by atoms with Gasteiger partial charge < -0.3 is 14.8 Å². The number of aromatic hydroxyl groups is 1. The minimum Gasteiger partial charge on any atom is -0.508 e. The molecule has 21 heavy (non-hydrogen) atoms. The Kier molecular flexibility index (Phi) is 4.07. The normalized spacial score (nSPS) is 10.7. The van der Waals surface area contributed by atoms with E-state index in [0.717, 1.165) is 0 Å². The molecule has 0 bridgehead atoms. The summed E-state index contributed by atoms with van der Waals surface area (Å²) < 4.78 is 5.11. The number of carbonyl (C=O) groups excluding carboxylic acids is 1. The molecule has 110 valence electrons. The summed E-state index contributed by atoms with van der Waals surface area (Å²) in [5, 5.41) is 9.25. The molecule has 2 rings (SSSR count). The van der Waals surface area contributed by atoms with Crippen molar-refractivity contribution in [3.8, 4) is 11.6 Å². The van der Waals surface area contributed by atoms with Gasteiger partial charge in [0.25, 0.3) is 5.56 Å². The molecule has 0 amide bonds. The average molecular weight is 288 g/mol. The van der Waals surface area contributed by atoms with E-state index in [9.17, 15) is 14.7 Å². The fourth-order valence-electron chi connectivity index (χ4n) is 1.90. The zero-order valence-electron chi connectivity index (χ0n) is 12.0. The molecular weight excluding hydrogens is 272 g/mol. The van der Waals surface area contributed by atoms with Crippen molar-refractivity contribution in [2.45, 2.75) is 19.8 Å². The minimum absolute atomic E-state index is 0.00223. The van der Waals surface area contributed by atoms with Gasteiger partial charge in [-0.15, -0.1) is 0 Å². The van der Waals surface area contributed by atoms with E-state index >= 15 is 0 Å². The third kappa shape index (κ3) is 2.94. The Hall–Kier alpha value is -2.63. The van der Waals surface area contributed by atoms with Crippen molar-refractivity contribution in [3.63, 3.8) is 0 Å². The molecule has 0 saturated heterocycles. The van der Waals surface area contributed by atoms with E-state index in [1.807, 2.05) is 13.8 Å². The molecule has 2 N–H and O–H groups in total. The maximum atomic E-state index is 12.4. The number of methoxy groups -OCH3 is 1. The number of phenolic OH excluding ortho intramolecular Hbond substituents is 1. The van der Waals surface area contributed by atoms with Crippen LogP contribution in [0.3, 0.4) is 0 Å². The van der Waals surface area contributed by atoms with Crippen LogP contribution in [0, 0.1) is 0 Å². The summed E-state index contributed by atoms with van der Waals surface area (Å²) in [6.45, 7) is 3.66. The molecule has 0 radical (unpaired) electrons. The van der Waals surface area contributed by atoms with Gasteiger partial charge in [0, 0.05) is 11.5 Å². The highest BCUT2D eigenvalue weighted by Crippen LogP contribution is 2.19. The number of hydrogen-bond acceptors (Lipinski definition) is 5. The lowest BCUT2D eigenvalue weighted by Crippen LogP contribution is -2.22. The van der Waals surface area contributed by atoms with Crippen LogP contribution in [-0.4, -0.2) is 28.0 Å². The zero-order chi connectivity index (χ0) is 15.6. The predicted octanol–water partition coefficient (Wildman–Crippen LogP) is 1.84. The van der Waals surface area contributed by atoms with Crippen LogP contribution in [0.1, 0.15) is 41.5 Å². The molecule has 1 aromatic heterocycles. The number of aromatic nitrogens is 2. The van der Waals surface area contributed by atoms with Gasteiger partial charge in [0.2, 0.25) is 11.7 Å². The fourth-order valence-corrected chi connectivity index (χ4v) is 1.90. The third-order valence-corrected chi connectivity index (χ3v) is 3.00. The molecule has 0 unspecified atom stereocenters. The SMILES string of the molecule is COc1nc(C(C)C)c(=O)[nH]c1C(=O)c1ccc(O)cc1. The molecule has 1 aromatic carbocycles. The monoisotopic (exact) mass is 288 g/mol. The lowest BCUT2D eigenvalue weighted by atomic mass is 10.1. The average Bonchev–Trinajstić information content (AvgIpc) is 2.46. The predicted molar refractivity (Wildman–Crippen MR) is 77.0 cm³/mol. The number of nitrogens with one attached hydrogen (secondary N) is 1. The van der Waals surface area contributed by atoms with Crippen LogP contribution in [0.2, 0.25) is 0 Å². The van der Waals surface area contributed by atoms with E-state index in [1.54, 1.807) is 0 Å². The van der Waals surface area contributed by atoms with E-state index in [2.05, 4.69) is 9.97 Å². The summed E-state index contributed by atoms with van der Waals surface area (Å²) in [7, 11) is 1.39. The van der Waals surface area contributed by atoms with Crippen molar-refractivity contribution in [3.05, 3.63) is 51.6 Å². The molecule has 0 aliphatic carbocycles. The van der Waals surface area contributed by atoms with E-state index < -0.39 is 11.3 Å². The van der Waals surface area contributed by atoms with Gasteiger partial charge in [-0.25, -0.2) is 4.98 Å². The number of carbonyl (C=O) groups is 1. The number of hydrogen-bond donors (Lipinski definition) is 2. The first-order valence-electron chi connectivity index (χ1n) is 6.46. The number of rotatable bonds is 4. The van der Waals surface area contributed by atoms with Gasteiger partial charge in [-0.2, -0.15) is 0 Å². The Labute approximate surface area is 121 Å². The largest absolute Gasteiger partial charge is 0.508 e. The van der Waals surface area contributed by atoms with Crippen molar-refractivity contribution < 1.29 is 14.6 Å². The molecule has 0 saturated carbocycles. The molecule has 0 aliphatic rings. The van der Waals surface area contributed by atoms with Gasteiger partial charge in [-0.05, 0) is 24.3 Å². The Morgan fingerprint density at radius 2 is 1.90 bits per heavy atom. The van der Waals surface area contributed by atoms with Crippen molar-refractivity contribution in [1.29, 1.82) is 0 Å². The number of ketones is 1. The van der Waals surface area contributed by atoms with E-state index in [1.165, 1.54) is 31.4 Å². The molecular formula is C15H16N2O4. The lowest BCUT2D eigenvalue weighted by molar-refractivity contribution is 0.103. The van der Waals surface area contributed by atoms with Crippen molar-refractivity contribution >= 4 is 5.78 Å². The van der Waals surface area contributed by atoms with Crippen molar-refractivity contribution in [2.75, 3.05) is 7.11 Å². The van der Waals surface area contributed by atoms with Crippen LogP contribution < -0.4 is 10.3 Å². The van der Waals surface area contributed by atoms with Gasteiger partial charge in [-0.3, -0.25) is 9.59 Å². The fraction of sp³-hybridized carbons (Fsp3) is 0.267. The maximum Gasteiger partial charge on any atom is 0.270 e. The quantitative estimate of drug-likeness (QED) is 0.837. The van der Waals surface area contributed by atoms with Crippen LogP contribution in [0.4, 0.5) is 0 Å². The van der Waals surface area contributed by atoms with Gasteiger partial charge in [-0.1, -0.05) is 13.8 Å². The highest BCUT2D eigenvalue weighted by molar-refractivity contribution is 6.09. The molecule has 0 atom stereocenters. The second-order valence-corrected chi connectivity index (χ2v) is 4.87. The second kappa shape index (κ2) is 5.78. The number of H-pyrrole nitrogens is 1. The second-order valence-electron chi connectivity index (χ2n) is 4.87. The summed E-state index contributed by atoms with van der Waals surface area (Å²) in [4.78, 5) is 31.0. The van der Waals surface area contributed by atoms with Gasteiger partial charge >= 0.3 is 0 Å². The third-order valence-electron chi connectivity index (χ3n) is 3.00. The van der Waals surface area contributed by atoms with Crippen LogP contribution in [0.5, 0.6) is 11.6 Å². The number of nitrogens with zero attached hydrogens (tertiary/aromatic N) is 1. The summed E-state index contributed by atoms with van der Waals surface area (Å²) in [6.07, 6.45) is 0. The van der Waals surface area contributed by atoms with Crippen molar-refractivity contribution in [2.24, 2.45) is 0 Å². The van der Waals surface area contributed by atoms with E-state index in [-0.39, 0.29) is 23.2 Å². The molecule has 2 aromatic rings. The molecule has 1 heterocycles. The first-order chi connectivity index (χ1) is 9.93. The zero-order valence-corrected chi connectivity index (χ0v) is 12.0. The van der Waals surface area contributed by atoms with Crippen LogP contribution in [-0.2, 0) is 0 Å². The van der Waals surface area contributed by atoms with Crippen LogP contribution in [0.25, 0.3) is 0 Å². The topological polar surface area (TPSA) is 92.3 Å². The maximum absolute atomic E-state index is 12.4. The molecule has 0 spiro atoms. The summed E-state index contributed by atoms with van der Waals surface area (Å²) in [6, 6.07) is 5.72. The molecule has 6 heteroatoms. The standard InChI is InChI=1S/C15H16N2O4/c1-8(2)11-14(20)16-12(15(17-11)21-3)13(19)9-4-6-10(18)7-5-9/h4-8,18H,1-3H3,(H,16,20). The number of phenols is 1. The first-order valence-corrected chi connectivity index (χ1v) is 6.46. The van der Waals surface area contributed by atoms with Gasteiger partial charge in [0.05, 0.1) is 7.11 Å². The first kappa shape index (κ1) is 14.8. The summed E-state index contributed by atoms with van der Waals surface area (Å²) in [5.74, 6) is -0.371. The smallest absolute Gasteiger partial charge is 0.270 e. The highest BCUT2D eigenvalue weighted by atomic mass is 16.5. The van der Waals surface area contributed by atoms with Crippen LogP contribution >= 0.6 is 0 Å². The van der Waals surface area contributed by atoms with Gasteiger partial charge in [0.15, 0.2) is 5.69 Å². The summed E-state index contributed by atoms with van der Waals surface area (Å²) >= 11 is 0. The minimum atomic E-state index is -0.424. The Bertz CT molecular complexity index is 717. The Morgan fingerprint density at radius 1 is 1.29 bits per heavy atom. The Balaban J connectivity index is 2.53. The number of benzene rings is 1. The van der Waals surface area contributed by atoms with Crippen LogP contribution in [0.15, 0.2) is 29.1 Å². The van der Waals surface area contributed by atoms with Gasteiger partial charge in [0.1, 0.15) is 11.4 Å². The number of ether oxygens (including phenoxy) is 1. The molecule has 0 aliphatic heterocycles. The molecule has 0 fully saturated rings. The molecule has 6 nitrogen and oxygen atoms in total. The lowest BCUT2D eigenvalue weighted by Gasteiger charge is -2.10. The Morgan fingerprint density at radius 3 is 2.43 bits per heavy atom.